The first-order chi connectivity index (χ1) is 14.1. The lowest BCUT2D eigenvalue weighted by molar-refractivity contribution is 0.628. The number of aromatic nitrogens is 4. The lowest BCUT2D eigenvalue weighted by Crippen LogP contribution is -2.22. The molecule has 0 saturated heterocycles. The van der Waals surface area contributed by atoms with Gasteiger partial charge in [-0.1, -0.05) is 0 Å². The van der Waals surface area contributed by atoms with Gasteiger partial charge < -0.3 is 4.90 Å². The largest absolute Gasteiger partial charge is 0.357 e. The molecule has 0 radical (unpaired) electrons. The number of nitrogens with zero attached hydrogens (tertiary/aromatic N) is 6. The van der Waals surface area contributed by atoms with E-state index in [1.807, 2.05) is 29.7 Å². The molecule has 0 N–H and O–H groups in total. The van der Waals surface area contributed by atoms with Crippen LogP contribution < -0.4 is 4.90 Å². The third-order valence-corrected chi connectivity index (χ3v) is 5.45. The summed E-state index contributed by atoms with van der Waals surface area (Å²) in [6.07, 6.45) is 4.55. The van der Waals surface area contributed by atoms with Crippen molar-refractivity contribution in [3.63, 3.8) is 0 Å². The second-order valence-corrected chi connectivity index (χ2v) is 7.47. The molecule has 1 aliphatic rings. The Morgan fingerprint density at radius 3 is 2.76 bits per heavy atom. The van der Waals surface area contributed by atoms with Gasteiger partial charge in [-0.05, 0) is 73.6 Å². The summed E-state index contributed by atoms with van der Waals surface area (Å²) in [5.41, 5.74) is 5.60. The lowest BCUT2D eigenvalue weighted by atomic mass is 10.1. The summed E-state index contributed by atoms with van der Waals surface area (Å²) in [5.74, 6) is 0.423. The van der Waals surface area contributed by atoms with E-state index in [2.05, 4.69) is 21.4 Å². The van der Waals surface area contributed by atoms with Crippen LogP contribution in [0.15, 0.2) is 30.3 Å². The molecule has 148 valence electrons. The molecule has 4 rings (SSSR count). The van der Waals surface area contributed by atoms with E-state index in [0.717, 1.165) is 66.9 Å². The van der Waals surface area contributed by atoms with Crippen molar-refractivity contribution in [2.24, 2.45) is 7.05 Å². The van der Waals surface area contributed by atoms with Gasteiger partial charge in [0.05, 0.1) is 17.1 Å². The smallest absolute Gasteiger partial charge is 0.169 e. The van der Waals surface area contributed by atoms with Crippen LogP contribution in [-0.4, -0.2) is 33.6 Å². The maximum Gasteiger partial charge on any atom is 0.169 e. The molecule has 3 aromatic rings. The SMILES string of the molecule is CN(CCCc1cc(-c2ccc(F)cc2)n(C)n1)c1nnc2c(c1C#N)CCC2. The summed E-state index contributed by atoms with van der Waals surface area (Å²) < 4.78 is 15.0. The van der Waals surface area contributed by atoms with E-state index in [9.17, 15) is 9.65 Å². The van der Waals surface area contributed by atoms with Crippen molar-refractivity contribution in [2.75, 3.05) is 18.5 Å². The van der Waals surface area contributed by atoms with Gasteiger partial charge in [0.1, 0.15) is 17.4 Å². The molecule has 29 heavy (non-hydrogen) atoms. The Hall–Kier alpha value is -3.27. The summed E-state index contributed by atoms with van der Waals surface area (Å²) in [6, 6.07) is 10.8. The summed E-state index contributed by atoms with van der Waals surface area (Å²) in [5, 5.41) is 22.8. The number of benzene rings is 1. The molecule has 2 aromatic heterocycles. The van der Waals surface area contributed by atoms with Crippen LogP contribution in [0, 0.1) is 17.1 Å². The molecule has 0 atom stereocenters. The van der Waals surface area contributed by atoms with Crippen molar-refractivity contribution in [3.05, 3.63) is 58.7 Å². The van der Waals surface area contributed by atoms with E-state index in [-0.39, 0.29) is 5.82 Å². The number of fused-ring (bicyclic) bond motifs is 1. The molecule has 1 aromatic carbocycles. The van der Waals surface area contributed by atoms with Crippen molar-refractivity contribution in [1.29, 1.82) is 5.26 Å². The average molecular weight is 390 g/mol. The number of anilines is 1. The Labute approximate surface area is 169 Å². The van der Waals surface area contributed by atoms with Gasteiger partial charge in [0.15, 0.2) is 5.82 Å². The molecule has 1 aliphatic carbocycles. The molecule has 0 saturated carbocycles. The molecule has 7 heteroatoms. The molecule has 6 nitrogen and oxygen atoms in total. The van der Waals surface area contributed by atoms with Crippen LogP contribution in [0.25, 0.3) is 11.3 Å². The molecular weight excluding hydrogens is 367 g/mol. The number of hydrogen-bond donors (Lipinski definition) is 0. The predicted octanol–water partition coefficient (Wildman–Crippen LogP) is 3.45. The van der Waals surface area contributed by atoms with Gasteiger partial charge >= 0.3 is 0 Å². The maximum absolute atomic E-state index is 13.2. The zero-order valence-electron chi connectivity index (χ0n) is 16.7. The highest BCUT2D eigenvalue weighted by Gasteiger charge is 2.22. The van der Waals surface area contributed by atoms with E-state index in [1.54, 1.807) is 12.1 Å². The molecular formula is C22H23FN6. The van der Waals surface area contributed by atoms with Crippen molar-refractivity contribution in [2.45, 2.75) is 32.1 Å². The number of nitriles is 1. The van der Waals surface area contributed by atoms with E-state index in [0.29, 0.717) is 11.4 Å². The van der Waals surface area contributed by atoms with Gasteiger partial charge in [-0.25, -0.2) is 4.39 Å². The Kier molecular flexibility index (Phi) is 5.26. The first kappa shape index (κ1) is 19.1. The van der Waals surface area contributed by atoms with Crippen LogP contribution in [-0.2, 0) is 26.3 Å². The predicted molar refractivity (Wildman–Crippen MR) is 109 cm³/mol. The zero-order valence-corrected chi connectivity index (χ0v) is 16.7. The molecule has 0 bridgehead atoms. The highest BCUT2D eigenvalue weighted by Crippen LogP contribution is 2.28. The fourth-order valence-corrected chi connectivity index (χ4v) is 3.93. The van der Waals surface area contributed by atoms with Crippen molar-refractivity contribution in [1.82, 2.24) is 20.0 Å². The van der Waals surface area contributed by atoms with Crippen LogP contribution in [0.5, 0.6) is 0 Å². The lowest BCUT2D eigenvalue weighted by Gasteiger charge is -2.19. The third-order valence-electron chi connectivity index (χ3n) is 5.45. The highest BCUT2D eigenvalue weighted by atomic mass is 19.1. The van der Waals surface area contributed by atoms with E-state index < -0.39 is 0 Å². The normalized spacial score (nSPS) is 12.6. The fraction of sp³-hybridized carbons (Fsp3) is 0.364. The van der Waals surface area contributed by atoms with Crippen molar-refractivity contribution < 1.29 is 4.39 Å². The van der Waals surface area contributed by atoms with Crippen molar-refractivity contribution in [3.8, 4) is 17.3 Å². The molecule has 0 spiro atoms. The zero-order chi connectivity index (χ0) is 20.4. The van der Waals surface area contributed by atoms with Gasteiger partial charge in [-0.15, -0.1) is 5.10 Å². The highest BCUT2D eigenvalue weighted by molar-refractivity contribution is 5.60. The van der Waals surface area contributed by atoms with Gasteiger partial charge in [-0.2, -0.15) is 15.5 Å². The molecule has 0 aliphatic heterocycles. The molecule has 2 heterocycles. The Bertz CT molecular complexity index is 1060. The van der Waals surface area contributed by atoms with Crippen LogP contribution in [0.2, 0.25) is 0 Å². The number of hydrogen-bond acceptors (Lipinski definition) is 5. The Morgan fingerprint density at radius 1 is 1.21 bits per heavy atom. The van der Waals surface area contributed by atoms with Gasteiger partial charge in [0.2, 0.25) is 0 Å². The standard InChI is InChI=1S/C22H23FN6/c1-28(22-19(14-24)18-6-3-7-20(18)25-26-22)12-4-5-17-13-21(29(2)27-17)15-8-10-16(23)11-9-15/h8-11,13H,3-7,12H2,1-2H3. The minimum Gasteiger partial charge on any atom is -0.357 e. The molecule has 0 amide bonds. The van der Waals surface area contributed by atoms with Crippen LogP contribution >= 0.6 is 0 Å². The summed E-state index contributed by atoms with van der Waals surface area (Å²) in [7, 11) is 3.85. The molecule has 0 fully saturated rings. The third kappa shape index (κ3) is 3.83. The van der Waals surface area contributed by atoms with Gasteiger partial charge in [0, 0.05) is 20.6 Å². The minimum absolute atomic E-state index is 0.245. The van der Waals surface area contributed by atoms with Crippen molar-refractivity contribution >= 4 is 5.82 Å². The average Bonchev–Trinajstić information content (AvgIpc) is 3.34. The van der Waals surface area contributed by atoms with Crippen LogP contribution in [0.4, 0.5) is 10.2 Å². The molecule has 0 unspecified atom stereocenters. The van der Waals surface area contributed by atoms with Gasteiger partial charge in [-0.3, -0.25) is 4.68 Å². The van der Waals surface area contributed by atoms with Crippen LogP contribution in [0.3, 0.4) is 0 Å². The number of aryl methyl sites for hydroxylation is 3. The summed E-state index contributed by atoms with van der Waals surface area (Å²) >= 11 is 0. The quantitative estimate of drug-likeness (QED) is 0.645. The number of halogens is 1. The Morgan fingerprint density at radius 2 is 2.00 bits per heavy atom. The second kappa shape index (κ2) is 8.00. The fourth-order valence-electron chi connectivity index (χ4n) is 3.93. The first-order valence-corrected chi connectivity index (χ1v) is 9.85. The van der Waals surface area contributed by atoms with E-state index in [4.69, 9.17) is 0 Å². The van der Waals surface area contributed by atoms with Gasteiger partial charge in [0.25, 0.3) is 0 Å². The summed E-state index contributed by atoms with van der Waals surface area (Å²) in [4.78, 5) is 2.01. The minimum atomic E-state index is -0.245. The maximum atomic E-state index is 13.2. The van der Waals surface area contributed by atoms with E-state index >= 15 is 0 Å². The van der Waals surface area contributed by atoms with Crippen LogP contribution in [0.1, 0.15) is 35.4 Å². The summed E-state index contributed by atoms with van der Waals surface area (Å²) in [6.45, 7) is 0.755. The second-order valence-electron chi connectivity index (χ2n) is 7.47. The Balaban J connectivity index is 1.42. The topological polar surface area (TPSA) is 70.6 Å². The van der Waals surface area contributed by atoms with E-state index in [1.165, 1.54) is 12.1 Å². The number of rotatable bonds is 6. The first-order valence-electron chi connectivity index (χ1n) is 9.85. The monoisotopic (exact) mass is 390 g/mol.